The SMILES string of the molecule is CN(C)CCNS(=O)c1ccc(Cc2nccc(-c3ccc(OC4CCOCC4)c(C#N)c3)n2)cc1.O. The average Bonchev–Trinajstić information content (AvgIpc) is 2.90. The van der Waals surface area contributed by atoms with Crippen molar-refractivity contribution in [2.45, 2.75) is 30.3 Å². The fraction of sp³-hybridized carbons (Fsp3) is 0.370. The second-order valence-electron chi connectivity index (χ2n) is 8.90. The van der Waals surface area contributed by atoms with Crippen molar-refractivity contribution in [1.29, 1.82) is 5.26 Å². The lowest BCUT2D eigenvalue weighted by atomic mass is 10.1. The number of nitriles is 1. The highest BCUT2D eigenvalue weighted by Gasteiger charge is 2.17. The Morgan fingerprint density at radius 2 is 1.92 bits per heavy atom. The second kappa shape index (κ2) is 13.9. The number of aromatic nitrogens is 2. The molecule has 2 aromatic carbocycles. The van der Waals surface area contributed by atoms with Crippen molar-refractivity contribution in [2.24, 2.45) is 0 Å². The highest BCUT2D eigenvalue weighted by Crippen LogP contribution is 2.27. The van der Waals surface area contributed by atoms with Crippen LogP contribution in [0.15, 0.2) is 59.6 Å². The first-order valence-corrected chi connectivity index (χ1v) is 13.2. The van der Waals surface area contributed by atoms with Crippen molar-refractivity contribution in [1.82, 2.24) is 19.6 Å². The van der Waals surface area contributed by atoms with E-state index in [0.29, 0.717) is 43.3 Å². The first-order valence-electron chi connectivity index (χ1n) is 12.0. The topological polar surface area (TPSA) is 132 Å². The van der Waals surface area contributed by atoms with Gasteiger partial charge in [0.15, 0.2) is 0 Å². The van der Waals surface area contributed by atoms with Gasteiger partial charge in [-0.25, -0.2) is 18.9 Å². The maximum absolute atomic E-state index is 12.4. The summed E-state index contributed by atoms with van der Waals surface area (Å²) in [4.78, 5) is 11.9. The molecule has 4 rings (SSSR count). The summed E-state index contributed by atoms with van der Waals surface area (Å²) >= 11 is 0. The molecule has 1 unspecified atom stereocenters. The van der Waals surface area contributed by atoms with E-state index in [9.17, 15) is 9.47 Å². The number of nitrogens with one attached hydrogen (secondary N) is 1. The number of ether oxygens (including phenoxy) is 2. The smallest absolute Gasteiger partial charge is 0.137 e. The molecule has 0 radical (unpaired) electrons. The Hall–Kier alpha value is -3.20. The molecule has 0 amide bonds. The minimum absolute atomic E-state index is 0. The molecular formula is C27H33N5O4S. The highest BCUT2D eigenvalue weighted by atomic mass is 32.2. The first-order chi connectivity index (χ1) is 17.5. The van der Waals surface area contributed by atoms with Crippen LogP contribution in [0.5, 0.6) is 5.75 Å². The van der Waals surface area contributed by atoms with E-state index < -0.39 is 11.0 Å². The molecule has 37 heavy (non-hydrogen) atoms. The van der Waals surface area contributed by atoms with Gasteiger partial charge in [-0.05, 0) is 56.1 Å². The van der Waals surface area contributed by atoms with Crippen LogP contribution in [-0.2, 0) is 22.1 Å². The molecule has 1 aromatic heterocycles. The van der Waals surface area contributed by atoms with Gasteiger partial charge in [0, 0.05) is 44.1 Å². The Morgan fingerprint density at radius 1 is 1.16 bits per heavy atom. The van der Waals surface area contributed by atoms with Gasteiger partial charge in [0.2, 0.25) is 0 Å². The van der Waals surface area contributed by atoms with Gasteiger partial charge in [-0.1, -0.05) is 12.1 Å². The zero-order chi connectivity index (χ0) is 25.3. The standard InChI is InChI=1S/C27H31N5O3S.H2O/c1-32(2)14-13-30-36(33)24-6-3-20(4-7-24)17-27-29-12-9-25(31-27)21-5-8-26(22(18-21)19-28)35-23-10-15-34-16-11-23;/h3-9,12,18,23,30H,10-11,13-17H2,1-2H3;1H2. The summed E-state index contributed by atoms with van der Waals surface area (Å²) in [6.45, 7) is 2.84. The summed E-state index contributed by atoms with van der Waals surface area (Å²) in [7, 11) is 2.72. The molecule has 0 saturated carbocycles. The minimum Gasteiger partial charge on any atom is -0.489 e. The van der Waals surface area contributed by atoms with Crippen LogP contribution in [0, 0.1) is 11.3 Å². The summed E-state index contributed by atoms with van der Waals surface area (Å²) in [6, 6.07) is 17.3. The molecule has 0 aliphatic carbocycles. The Morgan fingerprint density at radius 3 is 2.62 bits per heavy atom. The first kappa shape index (κ1) is 28.4. The summed E-state index contributed by atoms with van der Waals surface area (Å²) < 4.78 is 26.9. The fourth-order valence-corrected chi connectivity index (χ4v) is 4.68. The monoisotopic (exact) mass is 523 g/mol. The molecule has 1 aliphatic heterocycles. The van der Waals surface area contributed by atoms with Crippen LogP contribution in [0.1, 0.15) is 29.8 Å². The molecule has 1 aliphatic rings. The predicted octanol–water partition coefficient (Wildman–Crippen LogP) is 2.51. The van der Waals surface area contributed by atoms with Gasteiger partial charge >= 0.3 is 0 Å². The molecule has 10 heteroatoms. The molecule has 196 valence electrons. The highest BCUT2D eigenvalue weighted by molar-refractivity contribution is 7.83. The van der Waals surface area contributed by atoms with Crippen molar-refractivity contribution in [3.8, 4) is 23.1 Å². The minimum atomic E-state index is -1.24. The third-order valence-electron chi connectivity index (χ3n) is 5.86. The number of hydrogen-bond donors (Lipinski definition) is 1. The number of hydrogen-bond acceptors (Lipinski definition) is 7. The molecule has 1 saturated heterocycles. The number of nitrogens with zero attached hydrogens (tertiary/aromatic N) is 4. The summed E-state index contributed by atoms with van der Waals surface area (Å²) in [6.07, 6.45) is 4.00. The van der Waals surface area contributed by atoms with Crippen molar-refractivity contribution in [3.05, 3.63) is 71.7 Å². The molecule has 0 bridgehead atoms. The van der Waals surface area contributed by atoms with E-state index in [1.54, 1.807) is 6.20 Å². The summed E-state index contributed by atoms with van der Waals surface area (Å²) in [5, 5.41) is 9.69. The van der Waals surface area contributed by atoms with E-state index in [2.05, 4.69) is 15.8 Å². The molecule has 1 fully saturated rings. The van der Waals surface area contributed by atoms with Gasteiger partial charge in [-0.2, -0.15) is 5.26 Å². The van der Waals surface area contributed by atoms with Crippen molar-refractivity contribution >= 4 is 11.0 Å². The Kier molecular flexibility index (Phi) is 10.7. The largest absolute Gasteiger partial charge is 0.489 e. The number of rotatable bonds is 10. The van der Waals surface area contributed by atoms with E-state index in [-0.39, 0.29) is 11.6 Å². The van der Waals surface area contributed by atoms with Crippen molar-refractivity contribution in [3.63, 3.8) is 0 Å². The molecule has 3 N–H and O–H groups in total. The van der Waals surface area contributed by atoms with E-state index in [1.165, 1.54) is 0 Å². The molecule has 2 heterocycles. The lowest BCUT2D eigenvalue weighted by molar-refractivity contribution is 0.0254. The maximum atomic E-state index is 12.4. The third kappa shape index (κ3) is 8.15. The van der Waals surface area contributed by atoms with Gasteiger partial charge in [-0.3, -0.25) is 0 Å². The van der Waals surface area contributed by atoms with Crippen LogP contribution in [0.3, 0.4) is 0 Å². The van der Waals surface area contributed by atoms with Crippen LogP contribution >= 0.6 is 0 Å². The number of likely N-dealkylation sites (N-methyl/N-ethyl adjacent to an activating group) is 1. The van der Waals surface area contributed by atoms with Gasteiger partial charge < -0.3 is 19.8 Å². The zero-order valence-corrected chi connectivity index (χ0v) is 22.0. The molecule has 0 spiro atoms. The lowest BCUT2D eigenvalue weighted by Crippen LogP contribution is -2.27. The molecule has 1 atom stereocenters. The fourth-order valence-electron chi connectivity index (χ4n) is 3.86. The lowest BCUT2D eigenvalue weighted by Gasteiger charge is -2.23. The molecule has 9 nitrogen and oxygen atoms in total. The number of benzene rings is 2. The second-order valence-corrected chi connectivity index (χ2v) is 10.2. The van der Waals surface area contributed by atoms with Crippen LogP contribution in [0.4, 0.5) is 0 Å². The maximum Gasteiger partial charge on any atom is 0.137 e. The van der Waals surface area contributed by atoms with Crippen LogP contribution in [-0.4, -0.2) is 71.1 Å². The van der Waals surface area contributed by atoms with E-state index >= 15 is 0 Å². The van der Waals surface area contributed by atoms with Crippen LogP contribution in [0.25, 0.3) is 11.3 Å². The Bertz CT molecular complexity index is 1220. The van der Waals surface area contributed by atoms with Crippen LogP contribution in [0.2, 0.25) is 0 Å². The normalized spacial score (nSPS) is 14.5. The van der Waals surface area contributed by atoms with E-state index in [0.717, 1.165) is 41.1 Å². The van der Waals surface area contributed by atoms with Crippen molar-refractivity contribution < 1.29 is 19.2 Å². The van der Waals surface area contributed by atoms with Crippen LogP contribution < -0.4 is 9.46 Å². The molecular weight excluding hydrogens is 490 g/mol. The van der Waals surface area contributed by atoms with Crippen molar-refractivity contribution in [2.75, 3.05) is 40.4 Å². The third-order valence-corrected chi connectivity index (χ3v) is 7.02. The quantitative estimate of drug-likeness (QED) is 0.432. The van der Waals surface area contributed by atoms with Gasteiger partial charge in [0.25, 0.3) is 0 Å². The summed E-state index contributed by atoms with van der Waals surface area (Å²) in [5.41, 5.74) is 3.10. The summed E-state index contributed by atoms with van der Waals surface area (Å²) in [5.74, 6) is 1.27. The Labute approximate surface area is 220 Å². The predicted molar refractivity (Wildman–Crippen MR) is 142 cm³/mol. The van der Waals surface area contributed by atoms with E-state index in [4.69, 9.17) is 14.5 Å². The zero-order valence-electron chi connectivity index (χ0n) is 21.1. The average molecular weight is 524 g/mol. The van der Waals surface area contributed by atoms with Gasteiger partial charge in [0.1, 0.15) is 34.7 Å². The van der Waals surface area contributed by atoms with E-state index in [1.807, 2.05) is 67.5 Å². The molecule has 3 aromatic rings. The Balaban J connectivity index is 0.00000380. The van der Waals surface area contributed by atoms with Gasteiger partial charge in [0.05, 0.1) is 29.4 Å². The van der Waals surface area contributed by atoms with Gasteiger partial charge in [-0.15, -0.1) is 0 Å².